The van der Waals surface area contributed by atoms with Crippen LogP contribution in [0.25, 0.3) is 11.1 Å². The van der Waals surface area contributed by atoms with Crippen molar-refractivity contribution in [2.75, 3.05) is 13.7 Å². The Balaban J connectivity index is 1.44. The molecule has 3 aliphatic rings. The summed E-state index contributed by atoms with van der Waals surface area (Å²) >= 11 is 0. The van der Waals surface area contributed by atoms with Crippen molar-refractivity contribution in [3.05, 3.63) is 66.2 Å². The zero-order valence-electron chi connectivity index (χ0n) is 21.0. The highest BCUT2D eigenvalue weighted by Crippen LogP contribution is 2.73. The van der Waals surface area contributed by atoms with Crippen molar-refractivity contribution in [3.8, 4) is 16.9 Å². The number of hydrogen-bond acceptors (Lipinski definition) is 4. The molecule has 3 fully saturated rings. The Hall–Kier alpha value is -2.43. The van der Waals surface area contributed by atoms with Gasteiger partial charge in [-0.2, -0.15) is 0 Å². The first-order chi connectivity index (χ1) is 16.9. The molecule has 35 heavy (non-hydrogen) atoms. The fourth-order valence-electron chi connectivity index (χ4n) is 8.11. The van der Waals surface area contributed by atoms with Crippen molar-refractivity contribution < 1.29 is 19.7 Å². The van der Waals surface area contributed by atoms with Gasteiger partial charge in [0.05, 0.1) is 11.5 Å². The lowest BCUT2D eigenvalue weighted by molar-refractivity contribution is -0.145. The van der Waals surface area contributed by atoms with Crippen molar-refractivity contribution in [1.82, 2.24) is 0 Å². The highest BCUT2D eigenvalue weighted by molar-refractivity contribution is 5.89. The van der Waals surface area contributed by atoms with Crippen molar-refractivity contribution in [2.24, 2.45) is 28.6 Å². The van der Waals surface area contributed by atoms with Gasteiger partial charge in [0.2, 0.25) is 0 Å². The highest BCUT2D eigenvalue weighted by atomic mass is 16.5. The number of benzene rings is 2. The van der Waals surface area contributed by atoms with Gasteiger partial charge in [-0.1, -0.05) is 68.3 Å². The standard InChI is InChI=1S/C31H38O4/c1-20-28-24(19-32)18-31(29(28)35-3,30(20,2)25-11-4-5-12-25)27(34)15-14-21-8-6-9-22(16-21)23-10-7-13-26(33)17-23/h6-10,13,16-17,24-25,28-29,32-33H,1,4-5,11-12,14-15,18-19H2,2-3H3/t24-,28+,29+,30+,31+/m1/s1. The number of rotatable bonds is 8. The molecule has 3 saturated carbocycles. The van der Waals surface area contributed by atoms with Gasteiger partial charge in [-0.05, 0) is 66.3 Å². The van der Waals surface area contributed by atoms with E-state index in [-0.39, 0.29) is 41.5 Å². The number of Topliss-reactive ketones (excluding diaryl/α,β-unsaturated/α-hetero) is 1. The summed E-state index contributed by atoms with van der Waals surface area (Å²) < 4.78 is 6.10. The minimum absolute atomic E-state index is 0.0416. The smallest absolute Gasteiger partial charge is 0.142 e. The van der Waals surface area contributed by atoms with Gasteiger partial charge in [0.25, 0.3) is 0 Å². The predicted octanol–water partition coefficient (Wildman–Crippen LogP) is 5.96. The SMILES string of the molecule is C=C1[C@H]2[C@@H](CO)C[C@](C(=O)CCc3cccc(-c4cccc(O)c4)c3)([C@H]2OC)[C@]1(C)C1CCCC1. The molecule has 0 aliphatic heterocycles. The lowest BCUT2D eigenvalue weighted by atomic mass is 9.52. The Morgan fingerprint density at radius 3 is 2.46 bits per heavy atom. The molecule has 3 aliphatic carbocycles. The minimum Gasteiger partial charge on any atom is -0.508 e. The molecule has 0 spiro atoms. The monoisotopic (exact) mass is 474 g/mol. The van der Waals surface area contributed by atoms with Crippen LogP contribution in [-0.4, -0.2) is 35.8 Å². The van der Waals surface area contributed by atoms with Crippen molar-refractivity contribution in [2.45, 2.75) is 58.0 Å². The number of phenolic OH excluding ortho intramolecular Hbond substituents is 1. The second kappa shape index (κ2) is 9.22. The number of ether oxygens (including phenoxy) is 1. The third-order valence-corrected chi connectivity index (χ3v) is 9.80. The molecule has 4 nitrogen and oxygen atoms in total. The molecule has 0 heterocycles. The Morgan fingerprint density at radius 1 is 1.11 bits per heavy atom. The van der Waals surface area contributed by atoms with Crippen molar-refractivity contribution >= 4 is 5.78 Å². The molecule has 186 valence electrons. The van der Waals surface area contributed by atoms with E-state index >= 15 is 0 Å². The third-order valence-electron chi connectivity index (χ3n) is 9.80. The number of phenols is 1. The molecule has 4 heteroatoms. The first-order valence-electron chi connectivity index (χ1n) is 13.1. The maximum Gasteiger partial charge on any atom is 0.142 e. The Morgan fingerprint density at radius 2 is 1.80 bits per heavy atom. The molecule has 0 saturated heterocycles. The van der Waals surface area contributed by atoms with E-state index in [0.29, 0.717) is 25.2 Å². The van der Waals surface area contributed by atoms with E-state index in [1.165, 1.54) is 12.8 Å². The maximum atomic E-state index is 14.3. The second-order valence-corrected chi connectivity index (χ2v) is 11.2. The number of methoxy groups -OCH3 is 1. The number of ketones is 1. The van der Waals surface area contributed by atoms with E-state index in [2.05, 4.69) is 25.6 Å². The number of aryl methyl sites for hydroxylation is 1. The molecule has 0 unspecified atom stereocenters. The first kappa shape index (κ1) is 24.3. The van der Waals surface area contributed by atoms with Crippen LogP contribution in [0.1, 0.15) is 51.0 Å². The summed E-state index contributed by atoms with van der Waals surface area (Å²) in [6, 6.07) is 15.5. The van der Waals surface area contributed by atoms with E-state index in [1.807, 2.05) is 24.3 Å². The number of aliphatic hydroxyl groups excluding tert-OH is 1. The number of fused-ring (bicyclic) bond motifs is 2. The molecular weight excluding hydrogens is 436 g/mol. The number of aromatic hydroxyl groups is 1. The average molecular weight is 475 g/mol. The van der Waals surface area contributed by atoms with Gasteiger partial charge in [0.15, 0.2) is 0 Å². The quantitative estimate of drug-likeness (QED) is 0.464. The largest absolute Gasteiger partial charge is 0.508 e. The van der Waals surface area contributed by atoms with E-state index in [0.717, 1.165) is 35.1 Å². The van der Waals surface area contributed by atoms with E-state index in [4.69, 9.17) is 4.74 Å². The van der Waals surface area contributed by atoms with Crippen LogP contribution in [-0.2, 0) is 16.0 Å². The van der Waals surface area contributed by atoms with Crippen LogP contribution in [0.2, 0.25) is 0 Å². The summed E-state index contributed by atoms with van der Waals surface area (Å²) in [4.78, 5) is 14.3. The van der Waals surface area contributed by atoms with Crippen LogP contribution in [0.5, 0.6) is 5.75 Å². The fraction of sp³-hybridized carbons (Fsp3) is 0.516. The molecule has 5 atom stereocenters. The molecule has 0 radical (unpaired) electrons. The van der Waals surface area contributed by atoms with Crippen LogP contribution in [0, 0.1) is 28.6 Å². The molecule has 2 N–H and O–H groups in total. The van der Waals surface area contributed by atoms with E-state index in [1.54, 1.807) is 19.2 Å². The van der Waals surface area contributed by atoms with Gasteiger partial charge < -0.3 is 14.9 Å². The number of carbonyl (C=O) groups excluding carboxylic acids is 1. The third kappa shape index (κ3) is 3.60. The van der Waals surface area contributed by atoms with Crippen molar-refractivity contribution in [1.29, 1.82) is 0 Å². The summed E-state index contributed by atoms with van der Waals surface area (Å²) in [5, 5.41) is 20.1. The average Bonchev–Trinajstić information content (AvgIpc) is 3.57. The summed E-state index contributed by atoms with van der Waals surface area (Å²) in [6.45, 7) is 6.92. The first-order valence-corrected chi connectivity index (χ1v) is 13.1. The fourth-order valence-corrected chi connectivity index (χ4v) is 8.11. The molecular formula is C31H38O4. The Labute approximate surface area is 209 Å². The molecule has 5 rings (SSSR count). The topological polar surface area (TPSA) is 66.8 Å². The summed E-state index contributed by atoms with van der Waals surface area (Å²) in [7, 11) is 1.73. The zero-order chi connectivity index (χ0) is 24.8. The zero-order valence-corrected chi connectivity index (χ0v) is 21.0. The van der Waals surface area contributed by atoms with Gasteiger partial charge in [-0.25, -0.2) is 0 Å². The van der Waals surface area contributed by atoms with E-state index < -0.39 is 5.41 Å². The molecule has 2 aromatic rings. The predicted molar refractivity (Wildman–Crippen MR) is 138 cm³/mol. The van der Waals surface area contributed by atoms with Crippen LogP contribution < -0.4 is 0 Å². The van der Waals surface area contributed by atoms with Gasteiger partial charge in [-0.3, -0.25) is 4.79 Å². The minimum atomic E-state index is -0.616. The lowest BCUT2D eigenvalue weighted by Gasteiger charge is -2.50. The van der Waals surface area contributed by atoms with Crippen LogP contribution >= 0.6 is 0 Å². The Bertz CT molecular complexity index is 1120. The van der Waals surface area contributed by atoms with E-state index in [9.17, 15) is 15.0 Å². The number of hydrogen-bond donors (Lipinski definition) is 2. The van der Waals surface area contributed by atoms with Crippen molar-refractivity contribution in [3.63, 3.8) is 0 Å². The van der Waals surface area contributed by atoms with Gasteiger partial charge in [0, 0.05) is 31.5 Å². The van der Waals surface area contributed by atoms with Gasteiger partial charge >= 0.3 is 0 Å². The Kier molecular flexibility index (Phi) is 6.39. The number of aliphatic hydroxyl groups is 1. The van der Waals surface area contributed by atoms with Gasteiger partial charge in [0.1, 0.15) is 11.5 Å². The molecule has 2 aromatic carbocycles. The molecule has 0 amide bonds. The molecule has 2 bridgehead atoms. The second-order valence-electron chi connectivity index (χ2n) is 11.2. The molecule has 0 aromatic heterocycles. The number of carbonyl (C=O) groups is 1. The maximum absolute atomic E-state index is 14.3. The summed E-state index contributed by atoms with van der Waals surface area (Å²) in [5.74, 6) is 1.06. The summed E-state index contributed by atoms with van der Waals surface area (Å²) in [5.41, 5.74) is 3.35. The normalized spacial score (nSPS) is 32.4. The van der Waals surface area contributed by atoms with Crippen LogP contribution in [0.15, 0.2) is 60.7 Å². The van der Waals surface area contributed by atoms with Crippen LogP contribution in [0.4, 0.5) is 0 Å². The highest BCUT2D eigenvalue weighted by Gasteiger charge is 2.74. The van der Waals surface area contributed by atoms with Crippen LogP contribution in [0.3, 0.4) is 0 Å². The van der Waals surface area contributed by atoms with Gasteiger partial charge in [-0.15, -0.1) is 0 Å². The summed E-state index contributed by atoms with van der Waals surface area (Å²) in [6.07, 6.45) is 6.31. The lowest BCUT2D eigenvalue weighted by Crippen LogP contribution is -2.52.